The van der Waals surface area contributed by atoms with Gasteiger partial charge < -0.3 is 9.64 Å². The van der Waals surface area contributed by atoms with E-state index in [1.807, 2.05) is 0 Å². The molecule has 5 rings (SSSR count). The van der Waals surface area contributed by atoms with Gasteiger partial charge in [-0.15, -0.1) is 0 Å². The lowest BCUT2D eigenvalue weighted by Gasteiger charge is -2.32. The highest BCUT2D eigenvalue weighted by Gasteiger charge is 2.60. The van der Waals surface area contributed by atoms with Crippen molar-refractivity contribution in [3.8, 4) is 5.82 Å². The lowest BCUT2D eigenvalue weighted by Crippen LogP contribution is -2.49. The van der Waals surface area contributed by atoms with Gasteiger partial charge in [0.25, 0.3) is 6.10 Å². The molecule has 2 aliphatic heterocycles. The minimum atomic E-state index is -5.76. The van der Waals surface area contributed by atoms with Crippen molar-refractivity contribution in [1.29, 1.82) is 0 Å². The van der Waals surface area contributed by atoms with Crippen molar-refractivity contribution in [1.82, 2.24) is 19.7 Å². The van der Waals surface area contributed by atoms with Crippen LogP contribution in [0.2, 0.25) is 0 Å². The monoisotopic (exact) mass is 506 g/mol. The average molecular weight is 506 g/mol. The standard InChI is InChI=1S/C22H21F7N4O2/c23-14-9-13-3-4-15-16(11-1-2-11)17(31-33(15)18(13)30-10-14)12-5-7-32(8-6-12)20(34)35-19(21(24,25)26)22(27,28)29/h9-12,19H,1-8H2. The van der Waals surface area contributed by atoms with Crippen LogP contribution in [0.4, 0.5) is 35.5 Å². The zero-order valence-corrected chi connectivity index (χ0v) is 18.3. The van der Waals surface area contributed by atoms with Crippen molar-refractivity contribution in [2.24, 2.45) is 0 Å². The van der Waals surface area contributed by atoms with Crippen LogP contribution in [0.15, 0.2) is 12.3 Å². The van der Waals surface area contributed by atoms with Crippen LogP contribution in [0, 0.1) is 5.82 Å². The second-order valence-electron chi connectivity index (χ2n) is 9.18. The SMILES string of the molecule is O=C(OC(C(F)(F)F)C(F)(F)F)N1CCC(c2nn3c(c2C2CC2)CCc2cc(F)cnc2-3)CC1. The fourth-order valence-corrected chi connectivity index (χ4v) is 4.95. The van der Waals surface area contributed by atoms with Crippen molar-refractivity contribution in [3.63, 3.8) is 0 Å². The molecule has 0 atom stereocenters. The quantitative estimate of drug-likeness (QED) is 0.538. The third-order valence-corrected chi connectivity index (χ3v) is 6.73. The van der Waals surface area contributed by atoms with Crippen molar-refractivity contribution in [2.45, 2.75) is 68.8 Å². The molecule has 1 aliphatic carbocycles. The highest BCUT2D eigenvalue weighted by Crippen LogP contribution is 2.48. The summed E-state index contributed by atoms with van der Waals surface area (Å²) >= 11 is 0. The molecule has 0 aromatic carbocycles. The molecule has 190 valence electrons. The Hall–Kier alpha value is -2.86. The third-order valence-electron chi connectivity index (χ3n) is 6.73. The van der Waals surface area contributed by atoms with E-state index in [9.17, 15) is 35.5 Å². The summed E-state index contributed by atoms with van der Waals surface area (Å²) < 4.78 is 95.6. The summed E-state index contributed by atoms with van der Waals surface area (Å²) in [5.74, 6) is 0.336. The van der Waals surface area contributed by atoms with E-state index in [0.717, 1.165) is 46.5 Å². The van der Waals surface area contributed by atoms with Gasteiger partial charge in [-0.25, -0.2) is 18.9 Å². The van der Waals surface area contributed by atoms with Gasteiger partial charge in [0.15, 0.2) is 5.82 Å². The molecule has 35 heavy (non-hydrogen) atoms. The Bertz CT molecular complexity index is 1120. The molecule has 1 saturated heterocycles. The molecular formula is C22H21F7N4O2. The zero-order chi connectivity index (χ0) is 25.1. The first-order valence-electron chi connectivity index (χ1n) is 11.3. The van der Waals surface area contributed by atoms with E-state index < -0.39 is 30.4 Å². The van der Waals surface area contributed by atoms with Crippen LogP contribution in [-0.2, 0) is 17.6 Å². The summed E-state index contributed by atoms with van der Waals surface area (Å²) in [6, 6.07) is 1.43. The number of amides is 1. The topological polar surface area (TPSA) is 60.2 Å². The first-order chi connectivity index (χ1) is 16.4. The zero-order valence-electron chi connectivity index (χ0n) is 18.3. The van der Waals surface area contributed by atoms with Gasteiger partial charge in [-0.1, -0.05) is 0 Å². The number of alkyl halides is 6. The Morgan fingerprint density at radius 2 is 1.66 bits per heavy atom. The molecule has 13 heteroatoms. The first kappa shape index (κ1) is 23.9. The van der Waals surface area contributed by atoms with E-state index in [1.165, 1.54) is 6.07 Å². The molecule has 4 heterocycles. The molecule has 2 aromatic heterocycles. The number of halogens is 7. The largest absolute Gasteiger partial charge is 0.434 e. The maximum Gasteiger partial charge on any atom is 0.434 e. The molecule has 0 radical (unpaired) electrons. The summed E-state index contributed by atoms with van der Waals surface area (Å²) in [6.45, 7) is -0.115. The smallest absolute Gasteiger partial charge is 0.426 e. The molecule has 1 amide bonds. The summed E-state index contributed by atoms with van der Waals surface area (Å²) in [6.07, 6.45) is -12.3. The van der Waals surface area contributed by atoms with Crippen LogP contribution >= 0.6 is 0 Å². The predicted octanol–water partition coefficient (Wildman–Crippen LogP) is 5.19. The summed E-state index contributed by atoms with van der Waals surface area (Å²) in [4.78, 5) is 17.2. The first-order valence-corrected chi connectivity index (χ1v) is 11.3. The predicted molar refractivity (Wildman–Crippen MR) is 107 cm³/mol. The Balaban J connectivity index is 1.33. The second kappa shape index (κ2) is 8.37. The van der Waals surface area contributed by atoms with Crippen molar-refractivity contribution < 1.29 is 40.3 Å². The number of likely N-dealkylation sites (tertiary alicyclic amines) is 1. The number of nitrogens with zero attached hydrogens (tertiary/aromatic N) is 4. The molecule has 2 fully saturated rings. The van der Waals surface area contributed by atoms with Gasteiger partial charge in [0.05, 0.1) is 17.6 Å². The van der Waals surface area contributed by atoms with Gasteiger partial charge in [0.2, 0.25) is 0 Å². The van der Waals surface area contributed by atoms with Gasteiger partial charge in [0, 0.05) is 30.1 Å². The van der Waals surface area contributed by atoms with Gasteiger partial charge in [-0.2, -0.15) is 31.4 Å². The molecule has 0 spiro atoms. The van der Waals surface area contributed by atoms with E-state index in [1.54, 1.807) is 4.68 Å². The molecule has 0 N–H and O–H groups in total. The van der Waals surface area contributed by atoms with E-state index in [-0.39, 0.29) is 19.0 Å². The van der Waals surface area contributed by atoms with Gasteiger partial charge >= 0.3 is 18.4 Å². The minimum Gasteiger partial charge on any atom is -0.426 e. The van der Waals surface area contributed by atoms with Crippen molar-refractivity contribution >= 4 is 6.09 Å². The van der Waals surface area contributed by atoms with Crippen LogP contribution in [0.5, 0.6) is 0 Å². The second-order valence-corrected chi connectivity index (χ2v) is 9.18. The molecule has 0 unspecified atom stereocenters. The van der Waals surface area contributed by atoms with Crippen LogP contribution in [0.1, 0.15) is 60.0 Å². The number of carbonyl (C=O) groups is 1. The van der Waals surface area contributed by atoms with Gasteiger partial charge in [0.1, 0.15) is 5.82 Å². The van der Waals surface area contributed by atoms with Crippen LogP contribution in [0.25, 0.3) is 5.82 Å². The Labute approximate surface area is 195 Å². The normalized spacial score (nSPS) is 19.0. The molecule has 3 aliphatic rings. The van der Waals surface area contributed by atoms with E-state index in [2.05, 4.69) is 9.72 Å². The fraction of sp³-hybridized carbons (Fsp3) is 0.591. The lowest BCUT2D eigenvalue weighted by atomic mass is 9.88. The highest BCUT2D eigenvalue weighted by atomic mass is 19.4. The molecular weight excluding hydrogens is 485 g/mol. The minimum absolute atomic E-state index is 0.0573. The number of fused-ring (bicyclic) bond motifs is 3. The third kappa shape index (κ3) is 4.56. The number of piperidine rings is 1. The molecule has 0 bridgehead atoms. The summed E-state index contributed by atoms with van der Waals surface area (Å²) in [5.41, 5.74) is 3.68. The number of aryl methyl sites for hydroxylation is 1. The fourth-order valence-electron chi connectivity index (χ4n) is 4.95. The van der Waals surface area contributed by atoms with E-state index in [4.69, 9.17) is 5.10 Å². The molecule has 2 aromatic rings. The number of pyridine rings is 1. The summed E-state index contributed by atoms with van der Waals surface area (Å²) in [7, 11) is 0. The van der Waals surface area contributed by atoms with Gasteiger partial charge in [-0.05, 0) is 50.5 Å². The highest BCUT2D eigenvalue weighted by molar-refractivity contribution is 5.68. The Kier molecular flexibility index (Phi) is 5.71. The maximum atomic E-state index is 13.6. The van der Waals surface area contributed by atoms with Crippen molar-refractivity contribution in [2.75, 3.05) is 13.1 Å². The number of carbonyl (C=O) groups excluding carboxylic acids is 1. The molecule has 6 nitrogen and oxygen atoms in total. The van der Waals surface area contributed by atoms with Crippen LogP contribution < -0.4 is 0 Å². The van der Waals surface area contributed by atoms with Crippen LogP contribution in [0.3, 0.4) is 0 Å². The number of hydrogen-bond acceptors (Lipinski definition) is 4. The average Bonchev–Trinajstić information content (AvgIpc) is 3.54. The summed E-state index contributed by atoms with van der Waals surface area (Å²) in [5, 5.41) is 4.79. The number of rotatable bonds is 3. The van der Waals surface area contributed by atoms with Crippen molar-refractivity contribution in [3.05, 3.63) is 40.6 Å². The lowest BCUT2D eigenvalue weighted by molar-refractivity contribution is -0.308. The Morgan fingerprint density at radius 1 is 1.00 bits per heavy atom. The number of aromatic nitrogens is 3. The number of hydrogen-bond donors (Lipinski definition) is 0. The maximum absolute atomic E-state index is 13.6. The van der Waals surface area contributed by atoms with E-state index >= 15 is 0 Å². The van der Waals surface area contributed by atoms with Gasteiger partial charge in [-0.3, -0.25) is 0 Å². The van der Waals surface area contributed by atoms with Crippen LogP contribution in [-0.4, -0.2) is 57.3 Å². The number of ether oxygens (including phenoxy) is 1. The van der Waals surface area contributed by atoms with E-state index in [0.29, 0.717) is 37.4 Å². The Morgan fingerprint density at radius 3 is 2.26 bits per heavy atom. The molecule has 1 saturated carbocycles.